The second kappa shape index (κ2) is 37.8. The number of esters is 5. The zero-order valence-corrected chi connectivity index (χ0v) is 37.0. The van der Waals surface area contributed by atoms with Gasteiger partial charge in [-0.1, -0.05) is 103 Å². The Morgan fingerprint density at radius 3 is 1.34 bits per heavy atom. The largest absolute Gasteiger partial charge is 0.464 e. The fraction of sp³-hybridized carbons (Fsp3) is 0.833. The van der Waals surface area contributed by atoms with Crippen molar-refractivity contribution in [3.8, 4) is 0 Å². The number of carbonyl (C=O) groups excluding carboxylic acids is 7. The normalized spacial score (nSPS) is 12.0. The van der Waals surface area contributed by atoms with E-state index in [0.717, 1.165) is 95.4 Å². The van der Waals surface area contributed by atoms with E-state index in [1.54, 1.807) is 0 Å². The second-order valence-electron chi connectivity index (χ2n) is 14.6. The Morgan fingerprint density at radius 1 is 0.500 bits per heavy atom. The van der Waals surface area contributed by atoms with Gasteiger partial charge in [-0.15, -0.1) is 0 Å². The van der Waals surface area contributed by atoms with Gasteiger partial charge in [0.1, 0.15) is 26.4 Å². The van der Waals surface area contributed by atoms with Crippen LogP contribution >= 0.6 is 11.8 Å². The Kier molecular flexibility index (Phi) is 35.6. The van der Waals surface area contributed by atoms with Gasteiger partial charge in [0.15, 0.2) is 12.2 Å². The van der Waals surface area contributed by atoms with Crippen LogP contribution in [-0.4, -0.2) is 129 Å². The topological polar surface area (TPSA) is 181 Å². The average Bonchev–Trinajstić information content (AvgIpc) is 3.20. The minimum absolute atomic E-state index is 0.0970. The van der Waals surface area contributed by atoms with E-state index in [9.17, 15) is 33.6 Å². The van der Waals surface area contributed by atoms with Crippen molar-refractivity contribution in [3.05, 3.63) is 0 Å². The lowest BCUT2D eigenvalue weighted by molar-refractivity contribution is -0.167. The van der Waals surface area contributed by atoms with Crippen LogP contribution in [0.4, 0.5) is 4.79 Å². The van der Waals surface area contributed by atoms with Gasteiger partial charge in [-0.3, -0.25) is 33.6 Å². The number of thioether (sulfide) groups is 1. The molecule has 0 fully saturated rings. The highest BCUT2D eigenvalue weighted by Crippen LogP contribution is 2.14. The van der Waals surface area contributed by atoms with Gasteiger partial charge in [-0.2, -0.15) is 0 Å². The van der Waals surface area contributed by atoms with E-state index in [1.165, 1.54) is 4.90 Å². The molecule has 58 heavy (non-hydrogen) atoms. The molecule has 2 unspecified atom stereocenters. The predicted molar refractivity (Wildman–Crippen MR) is 222 cm³/mol. The molecule has 0 aromatic carbocycles. The van der Waals surface area contributed by atoms with Crippen LogP contribution < -0.4 is 0 Å². The maximum Gasteiger partial charge on any atom is 0.308 e. The molecule has 16 heteroatoms. The quantitative estimate of drug-likeness (QED) is 0.0263. The lowest BCUT2D eigenvalue weighted by Gasteiger charge is -2.23. The molecule has 336 valence electrons. The SMILES string of the molecule is CCCCCCCCC(=O)OCC(COC=O)OC(=O)CCN(CCC(=O)OC(COC(=O)CCCC)COC(=O)CCCCCCCC)C(=O)SCCCN(C)C. The van der Waals surface area contributed by atoms with Crippen LogP contribution in [0.2, 0.25) is 0 Å². The van der Waals surface area contributed by atoms with Gasteiger partial charge >= 0.3 is 29.8 Å². The van der Waals surface area contributed by atoms with Gasteiger partial charge in [-0.25, -0.2) is 0 Å². The molecule has 0 bridgehead atoms. The van der Waals surface area contributed by atoms with Gasteiger partial charge in [-0.05, 0) is 46.3 Å². The zero-order valence-electron chi connectivity index (χ0n) is 36.1. The van der Waals surface area contributed by atoms with Crippen molar-refractivity contribution in [1.82, 2.24) is 9.80 Å². The number of amides is 1. The van der Waals surface area contributed by atoms with Gasteiger partial charge in [0, 0.05) is 38.1 Å². The highest BCUT2D eigenvalue weighted by atomic mass is 32.2. The van der Waals surface area contributed by atoms with Crippen molar-refractivity contribution in [2.45, 2.75) is 161 Å². The van der Waals surface area contributed by atoms with Crippen LogP contribution in [0, 0.1) is 0 Å². The molecule has 0 aliphatic carbocycles. The maximum absolute atomic E-state index is 13.3. The number of nitrogens with zero attached hydrogens (tertiary/aromatic N) is 2. The van der Waals surface area contributed by atoms with Crippen LogP contribution in [0.5, 0.6) is 0 Å². The molecule has 0 saturated carbocycles. The van der Waals surface area contributed by atoms with E-state index < -0.39 is 42.1 Å². The van der Waals surface area contributed by atoms with Crippen LogP contribution in [0.3, 0.4) is 0 Å². The van der Waals surface area contributed by atoms with Crippen molar-refractivity contribution in [3.63, 3.8) is 0 Å². The summed E-state index contributed by atoms with van der Waals surface area (Å²) in [5.74, 6) is -2.27. The summed E-state index contributed by atoms with van der Waals surface area (Å²) in [6, 6.07) is 0. The van der Waals surface area contributed by atoms with Crippen molar-refractivity contribution in [2.24, 2.45) is 0 Å². The Bertz CT molecular complexity index is 1140. The van der Waals surface area contributed by atoms with Crippen molar-refractivity contribution in [2.75, 3.05) is 65.9 Å². The molecular formula is C42H74N2O13S. The van der Waals surface area contributed by atoms with E-state index in [0.29, 0.717) is 25.0 Å². The maximum atomic E-state index is 13.3. The molecule has 0 aromatic rings. The van der Waals surface area contributed by atoms with Gasteiger partial charge in [0.2, 0.25) is 0 Å². The van der Waals surface area contributed by atoms with Gasteiger partial charge in [0.25, 0.3) is 11.7 Å². The molecule has 0 saturated heterocycles. The Balaban J connectivity index is 5.39. The molecule has 0 heterocycles. The molecule has 15 nitrogen and oxygen atoms in total. The lowest BCUT2D eigenvalue weighted by Crippen LogP contribution is -2.36. The van der Waals surface area contributed by atoms with E-state index in [1.807, 2.05) is 25.9 Å². The highest BCUT2D eigenvalue weighted by Gasteiger charge is 2.24. The molecule has 0 aliphatic heterocycles. The summed E-state index contributed by atoms with van der Waals surface area (Å²) in [5.41, 5.74) is 0. The first-order chi connectivity index (χ1) is 27.9. The summed E-state index contributed by atoms with van der Waals surface area (Å²) in [6.45, 7) is 5.78. The zero-order chi connectivity index (χ0) is 43.2. The minimum Gasteiger partial charge on any atom is -0.464 e. The Labute approximate surface area is 351 Å². The van der Waals surface area contributed by atoms with Crippen LogP contribution in [0.25, 0.3) is 0 Å². The van der Waals surface area contributed by atoms with E-state index in [4.69, 9.17) is 28.4 Å². The molecule has 0 N–H and O–H groups in total. The van der Waals surface area contributed by atoms with Crippen LogP contribution in [-0.2, 0) is 57.2 Å². The lowest BCUT2D eigenvalue weighted by atomic mass is 10.1. The molecule has 0 aliphatic rings. The number of rotatable bonds is 38. The van der Waals surface area contributed by atoms with E-state index >= 15 is 0 Å². The Morgan fingerprint density at radius 2 is 0.914 bits per heavy atom. The fourth-order valence-electron chi connectivity index (χ4n) is 5.44. The van der Waals surface area contributed by atoms with Gasteiger partial charge in [0.05, 0.1) is 12.8 Å². The van der Waals surface area contributed by atoms with Gasteiger partial charge < -0.3 is 38.2 Å². The number of ether oxygens (including phenoxy) is 6. The fourth-order valence-corrected chi connectivity index (χ4v) is 6.25. The summed E-state index contributed by atoms with van der Waals surface area (Å²) < 4.78 is 31.8. The summed E-state index contributed by atoms with van der Waals surface area (Å²) in [6.07, 6.45) is 12.3. The van der Waals surface area contributed by atoms with Crippen LogP contribution in [0.1, 0.15) is 149 Å². The van der Waals surface area contributed by atoms with Crippen molar-refractivity contribution >= 4 is 53.3 Å². The molecule has 0 rings (SSSR count). The second-order valence-corrected chi connectivity index (χ2v) is 15.6. The minimum atomic E-state index is -1.04. The highest BCUT2D eigenvalue weighted by molar-refractivity contribution is 8.13. The smallest absolute Gasteiger partial charge is 0.308 e. The number of hydrogen-bond donors (Lipinski definition) is 0. The molecule has 0 spiro atoms. The average molecular weight is 847 g/mol. The molecule has 0 radical (unpaired) electrons. The first-order valence-electron chi connectivity index (χ1n) is 21.4. The third-order valence-corrected chi connectivity index (χ3v) is 9.84. The number of carbonyl (C=O) groups is 7. The standard InChI is InChI=1S/C42H74N2O13S/c1-6-9-12-14-16-18-22-38(47)53-31-35(30-52-34-45)56-40(49)24-27-44(42(51)58-29-20-26-43(4)5)28-25-41(50)57-36(32-54-37(46)21-11-8-3)33-55-39(48)23-19-17-15-13-10-7-2/h34-36H,6-33H2,1-5H3. The third-order valence-electron chi connectivity index (χ3n) is 8.85. The summed E-state index contributed by atoms with van der Waals surface area (Å²) in [5, 5.41) is -0.353. The number of hydrogen-bond acceptors (Lipinski definition) is 15. The van der Waals surface area contributed by atoms with Crippen LogP contribution in [0.15, 0.2) is 0 Å². The first-order valence-corrected chi connectivity index (χ1v) is 22.4. The summed E-state index contributed by atoms with van der Waals surface area (Å²) in [4.78, 5) is 90.4. The van der Waals surface area contributed by atoms with Crippen molar-refractivity contribution in [1.29, 1.82) is 0 Å². The van der Waals surface area contributed by atoms with E-state index in [-0.39, 0.29) is 83.3 Å². The summed E-state index contributed by atoms with van der Waals surface area (Å²) >= 11 is 1.06. The molecule has 0 aromatic heterocycles. The third kappa shape index (κ3) is 33.6. The first kappa shape index (κ1) is 54.6. The molecular weight excluding hydrogens is 773 g/mol. The Hall–Kier alpha value is -3.40. The predicted octanol–water partition coefficient (Wildman–Crippen LogP) is 7.19. The molecule has 1 amide bonds. The number of unbranched alkanes of at least 4 members (excludes halogenated alkanes) is 11. The summed E-state index contributed by atoms with van der Waals surface area (Å²) in [7, 11) is 3.85. The van der Waals surface area contributed by atoms with Crippen molar-refractivity contribution < 1.29 is 62.0 Å². The monoisotopic (exact) mass is 846 g/mol. The molecule has 2 atom stereocenters. The van der Waals surface area contributed by atoms with E-state index in [2.05, 4.69) is 13.8 Å².